The summed E-state index contributed by atoms with van der Waals surface area (Å²) in [6, 6.07) is 3.75. The van der Waals surface area contributed by atoms with Gasteiger partial charge >= 0.3 is 6.09 Å². The zero-order chi connectivity index (χ0) is 15.0. The molecule has 0 atom stereocenters. The highest BCUT2D eigenvalue weighted by atomic mass is 32.1. The van der Waals surface area contributed by atoms with Crippen molar-refractivity contribution in [2.45, 2.75) is 26.8 Å². The number of ether oxygens (including phenoxy) is 1. The van der Waals surface area contributed by atoms with Gasteiger partial charge in [0.05, 0.1) is 18.1 Å². The molecule has 0 spiro atoms. The van der Waals surface area contributed by atoms with Gasteiger partial charge in [-0.15, -0.1) is 0 Å². The summed E-state index contributed by atoms with van der Waals surface area (Å²) in [5, 5.41) is 0. The number of thiocarbonyl (C=S) groups is 1. The van der Waals surface area contributed by atoms with E-state index in [0.717, 1.165) is 5.56 Å². The highest BCUT2D eigenvalue weighted by Gasteiger charge is 2.16. The van der Waals surface area contributed by atoms with Crippen LogP contribution in [0.15, 0.2) is 24.5 Å². The molecule has 20 heavy (non-hydrogen) atoms. The van der Waals surface area contributed by atoms with Crippen LogP contribution in [0, 0.1) is 5.92 Å². The molecule has 1 amide bonds. The van der Waals surface area contributed by atoms with Crippen molar-refractivity contribution in [3.8, 4) is 0 Å². The summed E-state index contributed by atoms with van der Waals surface area (Å²) in [7, 11) is 0. The van der Waals surface area contributed by atoms with Crippen LogP contribution in [0.3, 0.4) is 0 Å². The first kappa shape index (κ1) is 16.4. The lowest BCUT2D eigenvalue weighted by atomic mass is 10.2. The van der Waals surface area contributed by atoms with Gasteiger partial charge in [-0.3, -0.25) is 4.98 Å². The number of nitrogens with two attached hydrogens (primary N) is 1. The molecule has 0 saturated heterocycles. The fourth-order valence-electron chi connectivity index (χ4n) is 1.52. The van der Waals surface area contributed by atoms with Gasteiger partial charge in [0.1, 0.15) is 0 Å². The van der Waals surface area contributed by atoms with Crippen LogP contribution >= 0.6 is 12.2 Å². The summed E-state index contributed by atoms with van der Waals surface area (Å²) in [4.78, 5) is 18.1. The van der Waals surface area contributed by atoms with E-state index in [1.165, 1.54) is 0 Å². The zero-order valence-corrected chi connectivity index (χ0v) is 12.7. The number of aromatic nitrogens is 1. The Balaban J connectivity index is 2.63. The van der Waals surface area contributed by atoms with E-state index < -0.39 is 0 Å². The van der Waals surface area contributed by atoms with Gasteiger partial charge in [-0.1, -0.05) is 32.1 Å². The van der Waals surface area contributed by atoms with Crippen LogP contribution in [0.2, 0.25) is 0 Å². The number of hydrogen-bond acceptors (Lipinski definition) is 4. The topological polar surface area (TPSA) is 68.5 Å². The predicted octanol–water partition coefficient (Wildman–Crippen LogP) is 2.35. The van der Waals surface area contributed by atoms with Crippen LogP contribution in [-0.4, -0.2) is 34.1 Å². The maximum Gasteiger partial charge on any atom is 0.410 e. The highest BCUT2D eigenvalue weighted by molar-refractivity contribution is 7.80. The van der Waals surface area contributed by atoms with Gasteiger partial charge in [0.15, 0.2) is 0 Å². The van der Waals surface area contributed by atoms with Crippen molar-refractivity contribution in [2.75, 3.05) is 13.2 Å². The minimum absolute atomic E-state index is 0.301. The SMILES string of the molecule is CC(C)COC(=O)N(CCC(N)=S)Cc1cccnc1. The lowest BCUT2D eigenvalue weighted by molar-refractivity contribution is 0.0905. The van der Waals surface area contributed by atoms with E-state index in [1.807, 2.05) is 26.0 Å². The molecule has 0 aliphatic heterocycles. The molecule has 1 heterocycles. The molecule has 0 unspecified atom stereocenters. The van der Waals surface area contributed by atoms with Crippen molar-refractivity contribution in [3.05, 3.63) is 30.1 Å². The Labute approximate surface area is 125 Å². The fraction of sp³-hybridized carbons (Fsp3) is 0.500. The molecule has 0 aliphatic rings. The quantitative estimate of drug-likeness (QED) is 0.782. The largest absolute Gasteiger partial charge is 0.449 e. The third-order valence-corrected chi connectivity index (χ3v) is 2.73. The van der Waals surface area contributed by atoms with Crippen molar-refractivity contribution in [1.29, 1.82) is 0 Å². The minimum Gasteiger partial charge on any atom is -0.449 e. The molecule has 0 bridgehead atoms. The van der Waals surface area contributed by atoms with Gasteiger partial charge < -0.3 is 15.4 Å². The first-order valence-electron chi connectivity index (χ1n) is 6.58. The second-order valence-corrected chi connectivity index (χ2v) is 5.49. The van der Waals surface area contributed by atoms with Crippen LogP contribution < -0.4 is 5.73 Å². The second kappa shape index (κ2) is 8.47. The Kier molecular flexibility index (Phi) is 6.93. The Bertz CT molecular complexity index is 437. The Morgan fingerprint density at radius 2 is 2.30 bits per heavy atom. The lowest BCUT2D eigenvalue weighted by Crippen LogP contribution is -2.34. The Morgan fingerprint density at radius 3 is 2.85 bits per heavy atom. The van der Waals surface area contributed by atoms with E-state index in [-0.39, 0.29) is 6.09 Å². The van der Waals surface area contributed by atoms with Crippen molar-refractivity contribution in [3.63, 3.8) is 0 Å². The summed E-state index contributed by atoms with van der Waals surface area (Å²) in [6.45, 7) is 5.27. The average Bonchev–Trinajstić information content (AvgIpc) is 2.41. The maximum absolute atomic E-state index is 12.1. The number of nitrogens with zero attached hydrogens (tertiary/aromatic N) is 2. The molecule has 110 valence electrons. The number of pyridine rings is 1. The number of carbonyl (C=O) groups excluding carboxylic acids is 1. The van der Waals surface area contributed by atoms with Gasteiger partial charge in [0.25, 0.3) is 0 Å². The normalized spacial score (nSPS) is 10.3. The molecule has 0 saturated carbocycles. The molecule has 1 rings (SSSR count). The fourth-order valence-corrected chi connectivity index (χ4v) is 1.61. The molecular formula is C14H21N3O2S. The van der Waals surface area contributed by atoms with Gasteiger partial charge in [-0.2, -0.15) is 0 Å². The smallest absolute Gasteiger partial charge is 0.410 e. The standard InChI is InChI=1S/C14H21N3O2S/c1-11(2)10-19-14(18)17(7-5-13(15)20)9-12-4-3-6-16-8-12/h3-4,6,8,11H,5,7,9-10H2,1-2H3,(H2,15,20). The Hall–Kier alpha value is -1.69. The third kappa shape index (κ3) is 6.47. The molecule has 0 radical (unpaired) electrons. The van der Waals surface area contributed by atoms with Crippen LogP contribution in [0.4, 0.5) is 4.79 Å². The molecule has 1 aromatic rings. The monoisotopic (exact) mass is 295 g/mol. The van der Waals surface area contributed by atoms with Gasteiger partial charge in [0, 0.05) is 25.4 Å². The van der Waals surface area contributed by atoms with E-state index in [4.69, 9.17) is 22.7 Å². The molecule has 0 fully saturated rings. The molecule has 2 N–H and O–H groups in total. The molecule has 1 aromatic heterocycles. The van der Waals surface area contributed by atoms with Crippen molar-refractivity contribution in [1.82, 2.24) is 9.88 Å². The number of carbonyl (C=O) groups is 1. The summed E-state index contributed by atoms with van der Waals surface area (Å²) >= 11 is 4.86. The minimum atomic E-state index is -0.348. The molecule has 6 heteroatoms. The van der Waals surface area contributed by atoms with Crippen LogP contribution in [0.5, 0.6) is 0 Å². The van der Waals surface area contributed by atoms with Crippen LogP contribution in [0.25, 0.3) is 0 Å². The predicted molar refractivity (Wildman–Crippen MR) is 82.2 cm³/mol. The van der Waals surface area contributed by atoms with Gasteiger partial charge in [0.2, 0.25) is 0 Å². The van der Waals surface area contributed by atoms with Crippen LogP contribution in [0.1, 0.15) is 25.8 Å². The molecular weight excluding hydrogens is 274 g/mol. The summed E-state index contributed by atoms with van der Waals surface area (Å²) in [5.74, 6) is 0.301. The van der Waals surface area contributed by atoms with Crippen molar-refractivity contribution >= 4 is 23.3 Å². The van der Waals surface area contributed by atoms with E-state index in [1.54, 1.807) is 17.3 Å². The summed E-state index contributed by atoms with van der Waals surface area (Å²) in [5.41, 5.74) is 6.44. The second-order valence-electron chi connectivity index (χ2n) is 4.97. The van der Waals surface area contributed by atoms with E-state index in [2.05, 4.69) is 4.98 Å². The maximum atomic E-state index is 12.1. The van der Waals surface area contributed by atoms with Gasteiger partial charge in [-0.25, -0.2) is 4.79 Å². The Morgan fingerprint density at radius 1 is 1.55 bits per heavy atom. The number of hydrogen-bond donors (Lipinski definition) is 1. The van der Waals surface area contributed by atoms with Crippen LogP contribution in [-0.2, 0) is 11.3 Å². The third-order valence-electron chi connectivity index (χ3n) is 2.52. The number of amides is 1. The van der Waals surface area contributed by atoms with Gasteiger partial charge in [-0.05, 0) is 17.5 Å². The average molecular weight is 295 g/mol. The first-order valence-corrected chi connectivity index (χ1v) is 6.98. The van der Waals surface area contributed by atoms with E-state index >= 15 is 0 Å². The molecule has 0 aliphatic carbocycles. The van der Waals surface area contributed by atoms with Crippen molar-refractivity contribution in [2.24, 2.45) is 11.7 Å². The number of rotatable bonds is 7. The van der Waals surface area contributed by atoms with E-state index in [9.17, 15) is 4.79 Å². The highest BCUT2D eigenvalue weighted by Crippen LogP contribution is 2.07. The van der Waals surface area contributed by atoms with Crippen molar-refractivity contribution < 1.29 is 9.53 Å². The first-order chi connectivity index (χ1) is 9.49. The molecule has 5 nitrogen and oxygen atoms in total. The van der Waals surface area contributed by atoms with E-state index in [0.29, 0.717) is 37.0 Å². The lowest BCUT2D eigenvalue weighted by Gasteiger charge is -2.22. The summed E-state index contributed by atoms with van der Waals surface area (Å²) in [6.07, 6.45) is 3.55. The molecule has 0 aromatic carbocycles. The summed E-state index contributed by atoms with van der Waals surface area (Å²) < 4.78 is 5.25. The zero-order valence-electron chi connectivity index (χ0n) is 11.9.